The number of nitrogens with zero attached hydrogens (tertiary/aromatic N) is 1. The summed E-state index contributed by atoms with van der Waals surface area (Å²) in [6.45, 7) is 0.853. The number of ether oxygens (including phenoxy) is 2. The Morgan fingerprint density at radius 2 is 1.54 bits per heavy atom. The van der Waals surface area contributed by atoms with E-state index in [1.54, 1.807) is 37.4 Å². The second kappa shape index (κ2) is 9.11. The number of fused-ring (bicyclic) bond motifs is 3. The fraction of sp³-hybridized carbons (Fsp3) is 0.312. The highest BCUT2D eigenvalue weighted by atomic mass is 19.1. The molecule has 3 spiro atoms. The summed E-state index contributed by atoms with van der Waals surface area (Å²) in [5.41, 5.74) is -0.753. The number of hydrogen-bond acceptors (Lipinski definition) is 5. The largest absolute Gasteiger partial charge is 0.347 e. The molecule has 3 aliphatic heterocycles. The number of ketones is 1. The molecule has 7 rings (SSSR count). The van der Waals surface area contributed by atoms with Gasteiger partial charge in [0.05, 0.1) is 18.6 Å². The third-order valence-electron chi connectivity index (χ3n) is 9.22. The van der Waals surface area contributed by atoms with Crippen LogP contribution < -0.4 is 5.32 Å². The third-order valence-corrected chi connectivity index (χ3v) is 9.22. The van der Waals surface area contributed by atoms with Crippen molar-refractivity contribution in [2.24, 2.45) is 5.41 Å². The van der Waals surface area contributed by atoms with Gasteiger partial charge in [0.2, 0.25) is 0 Å². The number of hydrogen-bond donors (Lipinski definition) is 1. The molecule has 1 saturated carbocycles. The Balaban J connectivity index is 1.53. The number of amides is 1. The average Bonchev–Trinajstić information content (AvgIpc) is 3.59. The van der Waals surface area contributed by atoms with Crippen LogP contribution in [0.15, 0.2) is 72.3 Å². The Labute approximate surface area is 234 Å². The molecule has 3 fully saturated rings. The quantitative estimate of drug-likeness (QED) is 0.439. The van der Waals surface area contributed by atoms with Crippen LogP contribution in [0.2, 0.25) is 0 Å². The van der Waals surface area contributed by atoms with Gasteiger partial charge in [0.15, 0.2) is 11.6 Å². The first-order chi connectivity index (χ1) is 19.7. The molecule has 3 atom stereocenters. The first-order valence-corrected chi connectivity index (χ1v) is 13.6. The summed E-state index contributed by atoms with van der Waals surface area (Å²) in [4.78, 5) is 31.2. The van der Waals surface area contributed by atoms with Crippen LogP contribution in [0.25, 0.3) is 6.08 Å². The van der Waals surface area contributed by atoms with Crippen LogP contribution in [0.1, 0.15) is 35.4 Å². The molecule has 0 aromatic heterocycles. The van der Waals surface area contributed by atoms with E-state index in [0.29, 0.717) is 41.2 Å². The molecule has 0 bridgehead atoms. The number of nitrogens with one attached hydrogen (secondary N) is 1. The van der Waals surface area contributed by atoms with E-state index in [0.717, 1.165) is 0 Å². The van der Waals surface area contributed by atoms with Crippen LogP contribution in [0.4, 0.5) is 18.9 Å². The maximum absolute atomic E-state index is 15.1. The van der Waals surface area contributed by atoms with Crippen molar-refractivity contribution >= 4 is 23.5 Å². The van der Waals surface area contributed by atoms with Crippen molar-refractivity contribution in [2.45, 2.75) is 30.1 Å². The van der Waals surface area contributed by atoms with E-state index in [1.807, 2.05) is 4.90 Å². The van der Waals surface area contributed by atoms with Crippen LogP contribution in [0.5, 0.6) is 0 Å². The molecule has 3 heterocycles. The van der Waals surface area contributed by atoms with E-state index in [4.69, 9.17) is 9.47 Å². The summed E-state index contributed by atoms with van der Waals surface area (Å²) in [5.74, 6) is -3.98. The molecule has 2 saturated heterocycles. The van der Waals surface area contributed by atoms with Crippen molar-refractivity contribution in [3.8, 4) is 0 Å². The minimum absolute atomic E-state index is 0.0232. The van der Waals surface area contributed by atoms with E-state index in [1.165, 1.54) is 42.5 Å². The Morgan fingerprint density at radius 3 is 2.22 bits per heavy atom. The highest BCUT2D eigenvalue weighted by Gasteiger charge is 2.77. The summed E-state index contributed by atoms with van der Waals surface area (Å²) >= 11 is 0. The zero-order valence-corrected chi connectivity index (χ0v) is 22.3. The molecule has 3 unspecified atom stereocenters. The van der Waals surface area contributed by atoms with Gasteiger partial charge >= 0.3 is 0 Å². The second-order valence-corrected chi connectivity index (χ2v) is 11.3. The van der Waals surface area contributed by atoms with Gasteiger partial charge in [-0.25, -0.2) is 13.2 Å². The summed E-state index contributed by atoms with van der Waals surface area (Å²) in [6, 6.07) is 15.8. The lowest BCUT2D eigenvalue weighted by atomic mass is 9.52. The molecule has 4 aliphatic rings. The Kier molecular flexibility index (Phi) is 5.80. The normalized spacial score (nSPS) is 29.7. The lowest BCUT2D eigenvalue weighted by Crippen LogP contribution is -2.63. The molecule has 1 N–H and O–H groups in total. The molecule has 3 aromatic carbocycles. The maximum Gasteiger partial charge on any atom is 0.250 e. The molecule has 0 radical (unpaired) electrons. The molecule has 1 amide bonds. The molecule has 3 aromatic rings. The van der Waals surface area contributed by atoms with Crippen LogP contribution >= 0.6 is 0 Å². The lowest BCUT2D eigenvalue weighted by Gasteiger charge is -2.52. The number of likely N-dealkylation sites (N-methyl/N-ethyl adjacent to an activating group) is 1. The Bertz CT molecular complexity index is 1600. The molecule has 1 aliphatic carbocycles. The third kappa shape index (κ3) is 3.62. The van der Waals surface area contributed by atoms with Crippen molar-refractivity contribution in [1.29, 1.82) is 0 Å². The minimum atomic E-state index is -1.62. The van der Waals surface area contributed by atoms with Gasteiger partial charge in [0.1, 0.15) is 23.0 Å². The van der Waals surface area contributed by atoms with Gasteiger partial charge in [-0.2, -0.15) is 0 Å². The summed E-state index contributed by atoms with van der Waals surface area (Å²) in [7, 11) is 1.75. The van der Waals surface area contributed by atoms with Gasteiger partial charge in [-0.1, -0.05) is 24.3 Å². The number of halogens is 3. The van der Waals surface area contributed by atoms with Crippen molar-refractivity contribution in [3.63, 3.8) is 0 Å². The van der Waals surface area contributed by atoms with Crippen LogP contribution in [0, 0.1) is 22.9 Å². The number of rotatable bonds is 2. The van der Waals surface area contributed by atoms with E-state index in [2.05, 4.69) is 5.32 Å². The van der Waals surface area contributed by atoms with Gasteiger partial charge in [0, 0.05) is 42.1 Å². The van der Waals surface area contributed by atoms with E-state index in [9.17, 15) is 18.0 Å². The number of likely N-dealkylation sites (tertiary alicyclic amines) is 1. The molecule has 210 valence electrons. The first kappa shape index (κ1) is 26.1. The van der Waals surface area contributed by atoms with E-state index < -0.39 is 46.0 Å². The summed E-state index contributed by atoms with van der Waals surface area (Å²) in [5, 5.41) is 2.91. The monoisotopic (exact) mass is 560 g/mol. The molecular formula is C32H27F3N2O4. The van der Waals surface area contributed by atoms with Crippen molar-refractivity contribution in [2.75, 3.05) is 32.1 Å². The summed E-state index contributed by atoms with van der Waals surface area (Å²) in [6.07, 6.45) is 1.83. The van der Waals surface area contributed by atoms with Gasteiger partial charge in [0.25, 0.3) is 5.91 Å². The van der Waals surface area contributed by atoms with Crippen molar-refractivity contribution < 1.29 is 32.2 Å². The van der Waals surface area contributed by atoms with Crippen LogP contribution in [-0.2, 0) is 24.6 Å². The van der Waals surface area contributed by atoms with Gasteiger partial charge in [-0.05, 0) is 66.7 Å². The number of carbonyl (C=O) groups excluding carboxylic acids is 2. The highest BCUT2D eigenvalue weighted by Crippen LogP contribution is 2.68. The minimum Gasteiger partial charge on any atom is -0.347 e. The SMILES string of the molecule is CN1CC(c2ccc(F)cc2)C2(CC3(C/C(=C\c4ccc(F)cc4)C2=O)OCCO3)C12C(=O)Nc1ccc(F)cc12. The number of benzene rings is 3. The van der Waals surface area contributed by atoms with E-state index in [-0.39, 0.29) is 25.2 Å². The van der Waals surface area contributed by atoms with E-state index >= 15 is 4.79 Å². The fourth-order valence-corrected chi connectivity index (χ4v) is 7.70. The Morgan fingerprint density at radius 1 is 0.902 bits per heavy atom. The molecular weight excluding hydrogens is 533 g/mol. The standard InChI is InChI=1S/C32H27F3N2O4/c1-37-17-26(20-4-8-23(34)9-5-20)31(32(37)25-15-24(35)10-11-27(25)36-29(32)39)18-30(40-12-13-41-30)16-21(28(31)38)14-19-2-6-22(33)7-3-19/h2-11,14-15,26H,12-13,16-18H2,1H3,(H,36,39)/b21-14+. The van der Waals surface area contributed by atoms with Gasteiger partial charge < -0.3 is 14.8 Å². The zero-order valence-electron chi connectivity index (χ0n) is 22.3. The number of Topliss-reactive ketones (excluding diaryl/α,β-unsaturated/α-hetero) is 1. The predicted molar refractivity (Wildman–Crippen MR) is 144 cm³/mol. The zero-order chi connectivity index (χ0) is 28.6. The first-order valence-electron chi connectivity index (χ1n) is 13.6. The predicted octanol–water partition coefficient (Wildman–Crippen LogP) is 5.16. The number of carbonyl (C=O) groups is 2. The molecule has 9 heteroatoms. The summed E-state index contributed by atoms with van der Waals surface area (Å²) < 4.78 is 55.1. The average molecular weight is 561 g/mol. The number of anilines is 1. The molecule has 41 heavy (non-hydrogen) atoms. The molecule has 6 nitrogen and oxygen atoms in total. The van der Waals surface area contributed by atoms with Gasteiger partial charge in [-0.15, -0.1) is 0 Å². The van der Waals surface area contributed by atoms with Crippen LogP contribution in [0.3, 0.4) is 0 Å². The Hall–Kier alpha value is -3.79. The smallest absolute Gasteiger partial charge is 0.250 e. The lowest BCUT2D eigenvalue weighted by molar-refractivity contribution is -0.203. The second-order valence-electron chi connectivity index (χ2n) is 11.3. The maximum atomic E-state index is 15.1. The topological polar surface area (TPSA) is 67.9 Å². The fourth-order valence-electron chi connectivity index (χ4n) is 7.70. The van der Waals surface area contributed by atoms with Gasteiger partial charge in [-0.3, -0.25) is 14.5 Å². The van der Waals surface area contributed by atoms with Crippen LogP contribution in [-0.4, -0.2) is 49.2 Å². The van der Waals surface area contributed by atoms with Crippen molar-refractivity contribution in [1.82, 2.24) is 4.90 Å². The highest BCUT2D eigenvalue weighted by molar-refractivity contribution is 6.15. The van der Waals surface area contributed by atoms with Crippen molar-refractivity contribution in [3.05, 3.63) is 106 Å².